The van der Waals surface area contributed by atoms with Crippen LogP contribution in [0.25, 0.3) is 0 Å². The van der Waals surface area contributed by atoms with Crippen molar-refractivity contribution in [1.29, 1.82) is 0 Å². The molecule has 1 atom stereocenters. The van der Waals surface area contributed by atoms with Crippen LogP contribution in [0.2, 0.25) is 0 Å². The van der Waals surface area contributed by atoms with Crippen LogP contribution in [0.5, 0.6) is 0 Å². The molecule has 0 aliphatic carbocycles. The van der Waals surface area contributed by atoms with E-state index in [1.165, 1.54) is 0 Å². The van der Waals surface area contributed by atoms with Crippen LogP contribution in [0, 0.1) is 5.92 Å². The molecular weight excluding hydrogens is 301 g/mol. The van der Waals surface area contributed by atoms with Gasteiger partial charge in [-0.2, -0.15) is 5.10 Å². The normalized spacial score (nSPS) is 18.9. The average Bonchev–Trinajstić information content (AvgIpc) is 2.37. The van der Waals surface area contributed by atoms with E-state index < -0.39 is 5.02 Å². The Bertz CT molecular complexity index is 546. The van der Waals surface area contributed by atoms with Gasteiger partial charge < -0.3 is 10.5 Å². The van der Waals surface area contributed by atoms with Gasteiger partial charge >= 0.3 is 0 Å². The van der Waals surface area contributed by atoms with E-state index in [4.69, 9.17) is 33.7 Å². The highest BCUT2D eigenvalue weighted by Gasteiger charge is 2.23. The number of carbonyl (C=O) groups is 1. The van der Waals surface area contributed by atoms with Crippen LogP contribution < -0.4 is 11.2 Å². The largest absolute Gasteiger partial charge is 0.398 e. The van der Waals surface area contributed by atoms with Crippen molar-refractivity contribution in [1.82, 2.24) is 5.43 Å². The molecular formula is C13H15Cl2N3O2. The minimum atomic E-state index is -0.867. The van der Waals surface area contributed by atoms with Gasteiger partial charge in [0.25, 0.3) is 0 Å². The van der Waals surface area contributed by atoms with Gasteiger partial charge in [0.1, 0.15) is 0 Å². The number of rotatable bonds is 4. The Morgan fingerprint density at radius 1 is 1.55 bits per heavy atom. The molecule has 0 bridgehead atoms. The Balaban J connectivity index is 2.19. The van der Waals surface area contributed by atoms with E-state index in [1.807, 2.05) is 19.1 Å². The zero-order chi connectivity index (χ0) is 14.7. The summed E-state index contributed by atoms with van der Waals surface area (Å²) in [5, 5.41) is 3.22. The number of amides is 1. The lowest BCUT2D eigenvalue weighted by Gasteiger charge is -2.20. The molecule has 5 nitrogen and oxygen atoms in total. The van der Waals surface area contributed by atoms with Gasteiger partial charge in [0.15, 0.2) is 0 Å². The predicted molar refractivity (Wildman–Crippen MR) is 79.6 cm³/mol. The third kappa shape index (κ3) is 3.62. The van der Waals surface area contributed by atoms with Crippen LogP contribution in [0.3, 0.4) is 0 Å². The lowest BCUT2D eigenvalue weighted by molar-refractivity contribution is -0.121. The number of nitrogens with zero attached hydrogens (tertiary/aromatic N) is 1. The van der Waals surface area contributed by atoms with Gasteiger partial charge in [0, 0.05) is 23.6 Å². The van der Waals surface area contributed by atoms with Crippen molar-refractivity contribution in [3.63, 3.8) is 0 Å². The van der Waals surface area contributed by atoms with Crippen molar-refractivity contribution in [3.8, 4) is 0 Å². The summed E-state index contributed by atoms with van der Waals surface area (Å²) in [5.74, 6) is -0.0525. The van der Waals surface area contributed by atoms with Gasteiger partial charge in [-0.25, -0.2) is 5.43 Å². The van der Waals surface area contributed by atoms with Crippen LogP contribution in [0.4, 0.5) is 5.69 Å². The minimum Gasteiger partial charge on any atom is -0.398 e. The molecule has 7 heteroatoms. The maximum Gasteiger partial charge on any atom is 0.240 e. The Labute approximate surface area is 127 Å². The van der Waals surface area contributed by atoms with E-state index in [9.17, 15) is 4.79 Å². The van der Waals surface area contributed by atoms with E-state index in [0.29, 0.717) is 12.1 Å². The lowest BCUT2D eigenvalue weighted by atomic mass is 9.92. The van der Waals surface area contributed by atoms with Crippen molar-refractivity contribution < 1.29 is 9.53 Å². The highest BCUT2D eigenvalue weighted by molar-refractivity contribution is 6.43. The number of halogens is 2. The highest BCUT2D eigenvalue weighted by Crippen LogP contribution is 2.23. The number of ether oxygens (including phenoxy) is 1. The minimum absolute atomic E-state index is 0.0308. The van der Waals surface area contributed by atoms with Gasteiger partial charge in [-0.3, -0.25) is 4.79 Å². The van der Waals surface area contributed by atoms with Gasteiger partial charge in [0.2, 0.25) is 10.9 Å². The quantitative estimate of drug-likeness (QED) is 0.661. The molecule has 1 aliphatic rings. The van der Waals surface area contributed by atoms with Crippen molar-refractivity contribution in [3.05, 3.63) is 29.3 Å². The first-order valence-corrected chi connectivity index (χ1v) is 6.99. The molecule has 1 unspecified atom stereocenters. The molecule has 1 aliphatic heterocycles. The summed E-state index contributed by atoms with van der Waals surface area (Å²) in [6.07, 6.45) is 0.406. The van der Waals surface area contributed by atoms with Gasteiger partial charge in [-0.1, -0.05) is 42.3 Å². The monoisotopic (exact) mass is 315 g/mol. The fraction of sp³-hybridized carbons (Fsp3) is 0.385. The van der Waals surface area contributed by atoms with E-state index in [1.54, 1.807) is 6.07 Å². The molecule has 1 aromatic carbocycles. The standard InChI is InChI=1S/C13H15Cl2N3O2/c1-7-4-11(19)17-18-12(7)9-3-2-8(5-10(9)16)6-20-13(14)15/h2-3,5,7,13H,4,6,16H2,1H3,(H,17,19). The zero-order valence-corrected chi connectivity index (χ0v) is 12.4. The maximum absolute atomic E-state index is 11.2. The van der Waals surface area contributed by atoms with Gasteiger partial charge in [0.05, 0.1) is 12.3 Å². The van der Waals surface area contributed by atoms with E-state index in [2.05, 4.69) is 10.5 Å². The third-order valence-corrected chi connectivity index (χ3v) is 3.28. The smallest absolute Gasteiger partial charge is 0.240 e. The molecule has 0 saturated carbocycles. The van der Waals surface area contributed by atoms with Crippen molar-refractivity contribution in [2.45, 2.75) is 25.0 Å². The number of carbonyl (C=O) groups excluding carboxylic acids is 1. The molecule has 1 heterocycles. The zero-order valence-electron chi connectivity index (χ0n) is 10.9. The number of hydrogen-bond donors (Lipinski definition) is 2. The number of nitrogen functional groups attached to an aromatic ring is 1. The van der Waals surface area contributed by atoms with Crippen LogP contribution in [0.1, 0.15) is 24.5 Å². The summed E-state index contributed by atoms with van der Waals surface area (Å²) in [5.41, 5.74) is 11.6. The molecule has 3 N–H and O–H groups in total. The molecule has 1 amide bonds. The molecule has 0 radical (unpaired) electrons. The van der Waals surface area contributed by atoms with Gasteiger partial charge in [-0.15, -0.1) is 0 Å². The summed E-state index contributed by atoms with van der Waals surface area (Å²) in [6, 6.07) is 5.52. The molecule has 0 aromatic heterocycles. The van der Waals surface area contributed by atoms with E-state index in [-0.39, 0.29) is 18.4 Å². The SMILES string of the molecule is CC1CC(=O)NN=C1c1ccc(COC(Cl)Cl)cc1N. The first-order chi connectivity index (χ1) is 9.47. The van der Waals surface area contributed by atoms with E-state index >= 15 is 0 Å². The predicted octanol–water partition coefficient (Wildman–Crippen LogP) is 2.41. The number of alkyl halides is 2. The van der Waals surface area contributed by atoms with Crippen molar-refractivity contribution in [2.75, 3.05) is 5.73 Å². The molecule has 1 aromatic rings. The van der Waals surface area contributed by atoms with E-state index in [0.717, 1.165) is 16.8 Å². The first kappa shape index (κ1) is 15.1. The molecule has 0 fully saturated rings. The third-order valence-electron chi connectivity index (χ3n) is 3.03. The number of nitrogens with two attached hydrogens (primary N) is 1. The second-order valence-electron chi connectivity index (χ2n) is 4.63. The molecule has 20 heavy (non-hydrogen) atoms. The molecule has 0 saturated heterocycles. The summed E-state index contributed by atoms with van der Waals surface area (Å²) in [7, 11) is 0. The fourth-order valence-electron chi connectivity index (χ4n) is 2.07. The molecule has 0 spiro atoms. The van der Waals surface area contributed by atoms with Crippen LogP contribution in [-0.2, 0) is 16.1 Å². The summed E-state index contributed by atoms with van der Waals surface area (Å²) in [4.78, 5) is 11.2. The molecule has 2 rings (SSSR count). The Morgan fingerprint density at radius 3 is 2.90 bits per heavy atom. The topological polar surface area (TPSA) is 76.7 Å². The number of anilines is 1. The number of benzene rings is 1. The maximum atomic E-state index is 11.2. The molecule has 108 valence electrons. The van der Waals surface area contributed by atoms with Crippen LogP contribution in [0.15, 0.2) is 23.3 Å². The second kappa shape index (κ2) is 6.43. The summed E-state index contributed by atoms with van der Waals surface area (Å²) in [6.45, 7) is 2.22. The lowest BCUT2D eigenvalue weighted by Crippen LogP contribution is -2.32. The first-order valence-electron chi connectivity index (χ1n) is 6.12. The Kier molecular flexibility index (Phi) is 4.86. The summed E-state index contributed by atoms with van der Waals surface area (Å²) >= 11 is 11.0. The Hall–Kier alpha value is -1.30. The van der Waals surface area contributed by atoms with Crippen LogP contribution >= 0.6 is 23.2 Å². The highest BCUT2D eigenvalue weighted by atomic mass is 35.5. The summed E-state index contributed by atoms with van der Waals surface area (Å²) < 4.78 is 5.09. The average molecular weight is 316 g/mol. The van der Waals surface area contributed by atoms with Gasteiger partial charge in [-0.05, 0) is 11.6 Å². The van der Waals surface area contributed by atoms with Crippen LogP contribution in [-0.4, -0.2) is 16.6 Å². The number of hydrogen-bond acceptors (Lipinski definition) is 4. The number of hydrazone groups is 1. The van der Waals surface area contributed by atoms with Crippen molar-refractivity contribution >= 4 is 40.5 Å². The van der Waals surface area contributed by atoms with Crippen molar-refractivity contribution in [2.24, 2.45) is 11.0 Å². The second-order valence-corrected chi connectivity index (χ2v) is 5.65. The fourth-order valence-corrected chi connectivity index (χ4v) is 2.20. The number of nitrogens with one attached hydrogen (secondary N) is 1. The Morgan fingerprint density at radius 2 is 2.30 bits per heavy atom.